The number of hydrogen-bond acceptors (Lipinski definition) is 4. The van der Waals surface area contributed by atoms with Gasteiger partial charge in [0.1, 0.15) is 0 Å². The zero-order valence-corrected chi connectivity index (χ0v) is 19.6. The molecule has 0 saturated heterocycles. The van der Waals surface area contributed by atoms with Gasteiger partial charge < -0.3 is 31.5 Å². The predicted molar refractivity (Wildman–Crippen MR) is 130 cm³/mol. The van der Waals surface area contributed by atoms with Crippen molar-refractivity contribution >= 4 is 46.0 Å². The van der Waals surface area contributed by atoms with Crippen molar-refractivity contribution in [2.45, 2.75) is 46.2 Å². The van der Waals surface area contributed by atoms with Gasteiger partial charge in [-0.2, -0.15) is 0 Å². The Hall–Kier alpha value is -2.72. The molecule has 2 aromatic carbocycles. The van der Waals surface area contributed by atoms with Crippen LogP contribution in [0, 0.1) is 11.6 Å². The van der Waals surface area contributed by atoms with E-state index in [0.717, 1.165) is 0 Å². The van der Waals surface area contributed by atoms with Crippen LogP contribution in [0.25, 0.3) is 0 Å². The molecule has 0 atom stereocenters. The normalized spacial score (nSPS) is 10.6. The molecule has 6 N–H and O–H groups in total. The summed E-state index contributed by atoms with van der Waals surface area (Å²) in [7, 11) is 0. The number of benzene rings is 2. The second kappa shape index (κ2) is 11.6. The maximum Gasteiger partial charge on any atom is 0.175 e. The zero-order valence-electron chi connectivity index (χ0n) is 18.0. The number of nitrogens with one attached hydrogen (secondary N) is 4. The van der Waals surface area contributed by atoms with Gasteiger partial charge in [0.15, 0.2) is 33.4 Å². The van der Waals surface area contributed by atoms with Gasteiger partial charge >= 0.3 is 0 Å². The number of hydrogen-bond donors (Lipinski definition) is 6. The summed E-state index contributed by atoms with van der Waals surface area (Å²) in [6, 6.07) is 8.63. The average Bonchev–Trinajstić information content (AvgIpc) is 2.61. The van der Waals surface area contributed by atoms with Gasteiger partial charge in [-0.1, -0.05) is 12.1 Å². The highest BCUT2D eigenvalue weighted by atomic mass is 32.1. The molecule has 0 unspecified atom stereocenters. The van der Waals surface area contributed by atoms with E-state index >= 15 is 0 Å². The van der Waals surface area contributed by atoms with E-state index in [4.69, 9.17) is 24.4 Å². The standard InChI is InChI=1S/C11H15FN2OS.C10H13FN2OS/c1-11(2,3)14-10(16)13-8-6-4-5-7(12)9(8)15;1-6(2)12-10(15)13-8-5-3-4-7(11)9(8)14/h4-6,15H,1-3H3,(H2,13,14,16);3-6,14H,1-2H3,(H2,12,13,15). The van der Waals surface area contributed by atoms with Crippen LogP contribution >= 0.6 is 24.4 Å². The van der Waals surface area contributed by atoms with Crippen LogP contribution in [0.3, 0.4) is 0 Å². The molecule has 2 rings (SSSR count). The lowest BCUT2D eigenvalue weighted by Gasteiger charge is -2.23. The third-order valence-electron chi connectivity index (χ3n) is 3.38. The zero-order chi connectivity index (χ0) is 23.8. The molecule has 0 spiro atoms. The van der Waals surface area contributed by atoms with E-state index in [9.17, 15) is 19.0 Å². The van der Waals surface area contributed by atoms with Crippen molar-refractivity contribution in [3.8, 4) is 11.5 Å². The highest BCUT2D eigenvalue weighted by molar-refractivity contribution is 7.80. The number of aromatic hydroxyl groups is 2. The summed E-state index contributed by atoms with van der Waals surface area (Å²) in [5.74, 6) is -2.21. The Morgan fingerprint density at radius 2 is 1.26 bits per heavy atom. The molecule has 0 amide bonds. The smallest absolute Gasteiger partial charge is 0.175 e. The van der Waals surface area contributed by atoms with Gasteiger partial charge in [0.25, 0.3) is 0 Å². The van der Waals surface area contributed by atoms with Crippen LogP contribution in [0.15, 0.2) is 36.4 Å². The topological polar surface area (TPSA) is 88.6 Å². The van der Waals surface area contributed by atoms with E-state index in [1.54, 1.807) is 12.1 Å². The lowest BCUT2D eigenvalue weighted by atomic mass is 10.1. The van der Waals surface area contributed by atoms with Crippen LogP contribution < -0.4 is 21.3 Å². The van der Waals surface area contributed by atoms with Crippen molar-refractivity contribution in [1.82, 2.24) is 10.6 Å². The highest BCUT2D eigenvalue weighted by Crippen LogP contribution is 2.26. The first-order valence-electron chi connectivity index (χ1n) is 9.41. The van der Waals surface area contributed by atoms with Gasteiger partial charge in [0.05, 0.1) is 11.4 Å². The Kier molecular flexibility index (Phi) is 9.86. The van der Waals surface area contributed by atoms with Crippen LogP contribution in [0.5, 0.6) is 11.5 Å². The van der Waals surface area contributed by atoms with E-state index < -0.39 is 23.1 Å². The number of halogens is 2. The minimum Gasteiger partial charge on any atom is -0.503 e. The van der Waals surface area contributed by atoms with Crippen LogP contribution in [0.2, 0.25) is 0 Å². The quantitative estimate of drug-likeness (QED) is 0.281. The molecule has 0 saturated carbocycles. The summed E-state index contributed by atoms with van der Waals surface area (Å²) in [5, 5.41) is 30.8. The maximum absolute atomic E-state index is 13.0. The molecule has 0 fully saturated rings. The van der Waals surface area contributed by atoms with E-state index in [1.165, 1.54) is 24.3 Å². The van der Waals surface area contributed by atoms with Gasteiger partial charge in [0.2, 0.25) is 0 Å². The van der Waals surface area contributed by atoms with E-state index in [1.807, 2.05) is 34.6 Å². The van der Waals surface area contributed by atoms with E-state index in [0.29, 0.717) is 10.2 Å². The van der Waals surface area contributed by atoms with Crippen LogP contribution in [0.4, 0.5) is 20.2 Å². The van der Waals surface area contributed by atoms with E-state index in [2.05, 4.69) is 21.3 Å². The Morgan fingerprint density at radius 1 is 0.839 bits per heavy atom. The molecule has 0 aliphatic rings. The summed E-state index contributed by atoms with van der Waals surface area (Å²) < 4.78 is 26.0. The minimum absolute atomic E-state index is 0.181. The third-order valence-corrected chi connectivity index (χ3v) is 3.80. The van der Waals surface area contributed by atoms with Crippen LogP contribution in [-0.4, -0.2) is 32.0 Å². The molecule has 31 heavy (non-hydrogen) atoms. The summed E-state index contributed by atoms with van der Waals surface area (Å²) in [4.78, 5) is 0. The molecule has 0 aliphatic carbocycles. The molecule has 170 valence electrons. The molecule has 10 heteroatoms. The lowest BCUT2D eigenvalue weighted by molar-refractivity contribution is 0.435. The molecular weight excluding hydrogens is 442 g/mol. The van der Waals surface area contributed by atoms with Crippen molar-refractivity contribution in [2.24, 2.45) is 0 Å². The fourth-order valence-corrected chi connectivity index (χ4v) is 2.91. The third kappa shape index (κ3) is 9.75. The second-order valence-corrected chi connectivity index (χ2v) is 8.67. The number of para-hydroxylation sites is 2. The highest BCUT2D eigenvalue weighted by Gasteiger charge is 2.13. The van der Waals surface area contributed by atoms with Gasteiger partial charge in [-0.15, -0.1) is 0 Å². The van der Waals surface area contributed by atoms with Crippen molar-refractivity contribution in [1.29, 1.82) is 0 Å². The fraction of sp³-hybridized carbons (Fsp3) is 0.333. The number of rotatable bonds is 3. The molecule has 2 aromatic rings. The summed E-state index contributed by atoms with van der Waals surface area (Å²) in [6.07, 6.45) is 0. The Morgan fingerprint density at radius 3 is 1.65 bits per heavy atom. The largest absolute Gasteiger partial charge is 0.503 e. The Balaban J connectivity index is 0.000000311. The Labute approximate surface area is 192 Å². The van der Waals surface area contributed by atoms with Gasteiger partial charge in [-0.05, 0) is 83.3 Å². The molecule has 0 aliphatic heterocycles. The number of anilines is 2. The van der Waals surface area contributed by atoms with Crippen molar-refractivity contribution in [2.75, 3.05) is 10.6 Å². The molecule has 6 nitrogen and oxygen atoms in total. The minimum atomic E-state index is -0.677. The van der Waals surface area contributed by atoms with Crippen molar-refractivity contribution in [3.63, 3.8) is 0 Å². The average molecular weight is 471 g/mol. The first-order valence-corrected chi connectivity index (χ1v) is 10.2. The predicted octanol–water partition coefficient (Wildman–Crippen LogP) is 4.84. The van der Waals surface area contributed by atoms with Gasteiger partial charge in [-0.3, -0.25) is 0 Å². The van der Waals surface area contributed by atoms with Gasteiger partial charge in [0, 0.05) is 11.6 Å². The Bertz CT molecular complexity index is 919. The summed E-state index contributed by atoms with van der Waals surface area (Å²) >= 11 is 9.99. The number of phenols is 2. The van der Waals surface area contributed by atoms with E-state index in [-0.39, 0.29) is 23.0 Å². The van der Waals surface area contributed by atoms with Crippen molar-refractivity contribution < 1.29 is 19.0 Å². The number of thiocarbonyl (C=S) groups is 2. The number of phenolic OH excluding ortho intramolecular Hbond substituents is 2. The second-order valence-electron chi connectivity index (χ2n) is 7.85. The molecule has 0 bridgehead atoms. The lowest BCUT2D eigenvalue weighted by Crippen LogP contribution is -2.42. The summed E-state index contributed by atoms with van der Waals surface area (Å²) in [6.45, 7) is 9.71. The molecule has 0 radical (unpaired) electrons. The van der Waals surface area contributed by atoms with Gasteiger partial charge in [-0.25, -0.2) is 8.78 Å². The monoisotopic (exact) mass is 470 g/mol. The summed E-state index contributed by atoms with van der Waals surface area (Å²) in [5.41, 5.74) is 0.322. The molecular formula is C21H28F2N4O2S2. The van der Waals surface area contributed by atoms with Crippen molar-refractivity contribution in [3.05, 3.63) is 48.0 Å². The van der Waals surface area contributed by atoms with Crippen LogP contribution in [-0.2, 0) is 0 Å². The molecule has 0 aromatic heterocycles. The van der Waals surface area contributed by atoms with Crippen LogP contribution in [0.1, 0.15) is 34.6 Å². The SMILES string of the molecule is CC(C)(C)NC(=S)Nc1cccc(F)c1O.CC(C)NC(=S)Nc1cccc(F)c1O. The maximum atomic E-state index is 13.0. The first-order chi connectivity index (χ1) is 14.3. The fourth-order valence-electron chi connectivity index (χ4n) is 2.15. The first kappa shape index (κ1) is 26.3. The molecule has 0 heterocycles.